The van der Waals surface area contributed by atoms with E-state index < -0.39 is 17.5 Å². The van der Waals surface area contributed by atoms with E-state index in [1.54, 1.807) is 12.4 Å². The quantitative estimate of drug-likeness (QED) is 0.881. The van der Waals surface area contributed by atoms with Crippen LogP contribution in [-0.4, -0.2) is 28.1 Å². The van der Waals surface area contributed by atoms with Crippen LogP contribution in [0.4, 0.5) is 8.78 Å². The molecule has 0 saturated heterocycles. The van der Waals surface area contributed by atoms with E-state index in [4.69, 9.17) is 11.6 Å². The number of H-pyrrole nitrogens is 1. The maximum Gasteiger partial charge on any atom is 0.255 e. The Labute approximate surface area is 113 Å². The summed E-state index contributed by atoms with van der Waals surface area (Å²) in [6, 6.07) is 1.59. The highest BCUT2D eigenvalue weighted by molar-refractivity contribution is 6.33. The maximum absolute atomic E-state index is 13.1. The molecule has 0 aliphatic carbocycles. The molecule has 1 aromatic heterocycles. The van der Waals surface area contributed by atoms with E-state index in [9.17, 15) is 13.6 Å². The third-order valence-electron chi connectivity index (χ3n) is 2.56. The Morgan fingerprint density at radius 3 is 2.74 bits per heavy atom. The van der Waals surface area contributed by atoms with Crippen molar-refractivity contribution >= 4 is 17.5 Å². The summed E-state index contributed by atoms with van der Waals surface area (Å²) < 4.78 is 26.1. The van der Waals surface area contributed by atoms with Crippen molar-refractivity contribution in [2.45, 2.75) is 6.54 Å². The molecule has 0 atom stereocenters. The molecule has 0 bridgehead atoms. The Kier molecular flexibility index (Phi) is 3.80. The molecular weight excluding hydrogens is 276 g/mol. The number of aromatic nitrogens is 2. The number of halogens is 3. The second kappa shape index (κ2) is 5.36. The fourth-order valence-electron chi connectivity index (χ4n) is 1.60. The van der Waals surface area contributed by atoms with E-state index in [1.807, 2.05) is 0 Å². The van der Waals surface area contributed by atoms with Gasteiger partial charge in [0.2, 0.25) is 0 Å². The van der Waals surface area contributed by atoms with E-state index in [1.165, 1.54) is 11.9 Å². The van der Waals surface area contributed by atoms with Crippen LogP contribution in [0.2, 0.25) is 5.02 Å². The van der Waals surface area contributed by atoms with Gasteiger partial charge in [-0.15, -0.1) is 0 Å². The first kappa shape index (κ1) is 13.5. The molecular formula is C12H10ClF2N3O. The molecule has 2 aromatic rings. The van der Waals surface area contributed by atoms with E-state index in [0.29, 0.717) is 0 Å². The third kappa shape index (κ3) is 2.90. The van der Waals surface area contributed by atoms with Crippen LogP contribution in [0.15, 0.2) is 24.5 Å². The molecule has 1 N–H and O–H groups in total. The lowest BCUT2D eigenvalue weighted by molar-refractivity contribution is 0.0784. The standard InChI is InChI=1S/C12H10ClF2N3O/c1-18(6-7-4-16-17-5-7)12(19)8-2-10(14)11(15)3-9(8)13/h2-5H,6H2,1H3,(H,16,17). The second-order valence-electron chi connectivity index (χ2n) is 4.01. The van der Waals surface area contributed by atoms with Gasteiger partial charge < -0.3 is 4.90 Å². The van der Waals surface area contributed by atoms with Crippen molar-refractivity contribution in [1.29, 1.82) is 0 Å². The van der Waals surface area contributed by atoms with Crippen molar-refractivity contribution in [3.8, 4) is 0 Å². The predicted octanol–water partition coefficient (Wildman–Crippen LogP) is 2.61. The van der Waals surface area contributed by atoms with Crippen LogP contribution in [0.25, 0.3) is 0 Å². The van der Waals surface area contributed by atoms with Gasteiger partial charge in [-0.1, -0.05) is 11.6 Å². The molecule has 100 valence electrons. The van der Waals surface area contributed by atoms with Gasteiger partial charge in [0, 0.05) is 25.4 Å². The minimum absolute atomic E-state index is 0.0773. The number of nitrogens with zero attached hydrogens (tertiary/aromatic N) is 2. The molecule has 2 rings (SSSR count). The number of hydrogen-bond donors (Lipinski definition) is 1. The van der Waals surface area contributed by atoms with Crippen LogP contribution >= 0.6 is 11.6 Å². The maximum atomic E-state index is 13.1. The summed E-state index contributed by atoms with van der Waals surface area (Å²) in [5, 5.41) is 6.25. The SMILES string of the molecule is CN(Cc1cn[nH]c1)C(=O)c1cc(F)c(F)cc1Cl. The average Bonchev–Trinajstić information content (AvgIpc) is 2.85. The average molecular weight is 286 g/mol. The minimum Gasteiger partial charge on any atom is -0.337 e. The Hall–Kier alpha value is -1.95. The van der Waals surface area contributed by atoms with Gasteiger partial charge in [0.15, 0.2) is 11.6 Å². The zero-order valence-corrected chi connectivity index (χ0v) is 10.7. The molecule has 1 amide bonds. The predicted molar refractivity (Wildman–Crippen MR) is 65.8 cm³/mol. The summed E-state index contributed by atoms with van der Waals surface area (Å²) in [5.74, 6) is -2.69. The molecule has 0 fully saturated rings. The van der Waals surface area contributed by atoms with Gasteiger partial charge in [-0.05, 0) is 12.1 Å². The minimum atomic E-state index is -1.11. The van der Waals surface area contributed by atoms with Crippen LogP contribution in [-0.2, 0) is 6.54 Å². The molecule has 7 heteroatoms. The van der Waals surface area contributed by atoms with E-state index in [0.717, 1.165) is 17.7 Å². The van der Waals surface area contributed by atoms with Gasteiger partial charge in [-0.3, -0.25) is 9.89 Å². The fraction of sp³-hybridized carbons (Fsp3) is 0.167. The third-order valence-corrected chi connectivity index (χ3v) is 2.87. The highest BCUT2D eigenvalue weighted by Crippen LogP contribution is 2.21. The number of benzene rings is 1. The lowest BCUT2D eigenvalue weighted by Gasteiger charge is -2.17. The highest BCUT2D eigenvalue weighted by atomic mass is 35.5. The molecule has 0 spiro atoms. The first-order valence-electron chi connectivity index (χ1n) is 5.36. The summed E-state index contributed by atoms with van der Waals surface area (Å²) in [6.07, 6.45) is 3.20. The molecule has 0 saturated carbocycles. The molecule has 1 aromatic carbocycles. The van der Waals surface area contributed by atoms with Gasteiger partial charge in [0.1, 0.15) is 0 Å². The number of hydrogen-bond acceptors (Lipinski definition) is 2. The second-order valence-corrected chi connectivity index (χ2v) is 4.42. The van der Waals surface area contributed by atoms with Gasteiger partial charge in [0.25, 0.3) is 5.91 Å². The largest absolute Gasteiger partial charge is 0.337 e. The van der Waals surface area contributed by atoms with Gasteiger partial charge >= 0.3 is 0 Å². The highest BCUT2D eigenvalue weighted by Gasteiger charge is 2.18. The lowest BCUT2D eigenvalue weighted by Crippen LogP contribution is -2.26. The van der Waals surface area contributed by atoms with Gasteiger partial charge in [0.05, 0.1) is 16.8 Å². The van der Waals surface area contributed by atoms with Crippen molar-refractivity contribution < 1.29 is 13.6 Å². The summed E-state index contributed by atoms with van der Waals surface area (Å²) >= 11 is 5.75. The van der Waals surface area contributed by atoms with Crippen molar-refractivity contribution in [3.05, 3.63) is 52.3 Å². The molecule has 0 radical (unpaired) electrons. The Morgan fingerprint density at radius 1 is 1.42 bits per heavy atom. The van der Waals surface area contributed by atoms with Gasteiger partial charge in [-0.25, -0.2) is 8.78 Å². The number of amides is 1. The number of rotatable bonds is 3. The van der Waals surface area contributed by atoms with E-state index >= 15 is 0 Å². The van der Waals surface area contributed by atoms with Crippen LogP contribution in [0.3, 0.4) is 0 Å². The molecule has 1 heterocycles. The number of aromatic amines is 1. The first-order valence-corrected chi connectivity index (χ1v) is 5.74. The Morgan fingerprint density at radius 2 is 2.11 bits per heavy atom. The number of nitrogens with one attached hydrogen (secondary N) is 1. The smallest absolute Gasteiger partial charge is 0.255 e. The zero-order valence-electron chi connectivity index (χ0n) is 9.95. The van der Waals surface area contributed by atoms with E-state index in [2.05, 4.69) is 10.2 Å². The van der Waals surface area contributed by atoms with Crippen LogP contribution in [0, 0.1) is 11.6 Å². The number of carbonyl (C=O) groups excluding carboxylic acids is 1. The van der Waals surface area contributed by atoms with Crippen molar-refractivity contribution in [2.24, 2.45) is 0 Å². The zero-order chi connectivity index (χ0) is 14.0. The normalized spacial score (nSPS) is 10.5. The summed E-state index contributed by atoms with van der Waals surface area (Å²) in [4.78, 5) is 13.4. The Balaban J connectivity index is 2.21. The van der Waals surface area contributed by atoms with Crippen molar-refractivity contribution in [2.75, 3.05) is 7.05 Å². The molecule has 0 unspecified atom stereocenters. The van der Waals surface area contributed by atoms with Crippen molar-refractivity contribution in [3.63, 3.8) is 0 Å². The summed E-state index contributed by atoms with van der Waals surface area (Å²) in [7, 11) is 1.53. The summed E-state index contributed by atoms with van der Waals surface area (Å²) in [6.45, 7) is 0.282. The van der Waals surface area contributed by atoms with Crippen LogP contribution in [0.1, 0.15) is 15.9 Å². The Bertz CT molecular complexity index is 601. The number of carbonyl (C=O) groups is 1. The van der Waals surface area contributed by atoms with Gasteiger partial charge in [-0.2, -0.15) is 5.10 Å². The monoisotopic (exact) mass is 285 g/mol. The topological polar surface area (TPSA) is 49.0 Å². The van der Waals surface area contributed by atoms with Crippen molar-refractivity contribution in [1.82, 2.24) is 15.1 Å². The summed E-state index contributed by atoms with van der Waals surface area (Å²) in [5.41, 5.74) is 0.709. The lowest BCUT2D eigenvalue weighted by atomic mass is 10.2. The molecule has 0 aliphatic heterocycles. The molecule has 0 aliphatic rings. The first-order chi connectivity index (χ1) is 8.99. The molecule has 4 nitrogen and oxygen atoms in total. The van der Waals surface area contributed by atoms with E-state index in [-0.39, 0.29) is 17.1 Å². The van der Waals surface area contributed by atoms with Crippen LogP contribution < -0.4 is 0 Å². The van der Waals surface area contributed by atoms with Crippen LogP contribution in [0.5, 0.6) is 0 Å². The fourth-order valence-corrected chi connectivity index (χ4v) is 1.83. The molecule has 19 heavy (non-hydrogen) atoms.